The van der Waals surface area contributed by atoms with Gasteiger partial charge < -0.3 is 25.7 Å². The van der Waals surface area contributed by atoms with Crippen LogP contribution in [0.3, 0.4) is 0 Å². The maximum Gasteiger partial charge on any atom is 0.410 e. The highest BCUT2D eigenvalue weighted by molar-refractivity contribution is 8.14. The minimum absolute atomic E-state index is 0.0412. The Morgan fingerprint density at radius 1 is 1.28 bits per heavy atom. The number of aromatic nitrogens is 3. The number of amides is 1. The topological polar surface area (TPSA) is 122 Å². The average molecular weight is 506 g/mol. The van der Waals surface area contributed by atoms with Crippen molar-refractivity contribution in [2.45, 2.75) is 51.0 Å². The lowest BCUT2D eigenvalue weighted by molar-refractivity contribution is 0.0270. The van der Waals surface area contributed by atoms with Crippen LogP contribution in [0.5, 0.6) is 0 Å². The number of nitrogens with one attached hydrogen (secondary N) is 2. The molecule has 1 aromatic carbocycles. The molecule has 36 heavy (non-hydrogen) atoms. The molecule has 188 valence electrons. The second kappa shape index (κ2) is 9.50. The molecule has 0 spiro atoms. The van der Waals surface area contributed by atoms with Crippen molar-refractivity contribution in [2.24, 2.45) is 10.7 Å². The molecule has 1 amide bonds. The van der Waals surface area contributed by atoms with Crippen molar-refractivity contribution in [2.75, 3.05) is 18.4 Å². The molecule has 0 bridgehead atoms. The number of anilines is 2. The highest BCUT2D eigenvalue weighted by Crippen LogP contribution is 2.37. The SMILES string of the molecule is CC1SC(N)=NC1c1cccc(Nc2ncnc3[nH]c(C4=CCN(C(=O)OC(C)(C)C)CC4)cc23)c1. The molecule has 4 N–H and O–H groups in total. The van der Waals surface area contributed by atoms with Crippen molar-refractivity contribution < 1.29 is 9.53 Å². The molecule has 2 aromatic heterocycles. The lowest BCUT2D eigenvalue weighted by atomic mass is 10.0. The summed E-state index contributed by atoms with van der Waals surface area (Å²) in [6.07, 6.45) is 4.06. The smallest absolute Gasteiger partial charge is 0.410 e. The number of nitrogens with zero attached hydrogens (tertiary/aromatic N) is 4. The van der Waals surface area contributed by atoms with Gasteiger partial charge in [-0.15, -0.1) is 0 Å². The van der Waals surface area contributed by atoms with Crippen LogP contribution in [-0.2, 0) is 4.74 Å². The highest BCUT2D eigenvalue weighted by Gasteiger charge is 2.27. The average Bonchev–Trinajstić information content (AvgIpc) is 3.41. The van der Waals surface area contributed by atoms with Crippen LogP contribution in [0.2, 0.25) is 0 Å². The molecule has 4 heterocycles. The van der Waals surface area contributed by atoms with Crippen molar-refractivity contribution in [3.63, 3.8) is 0 Å². The number of nitrogens with two attached hydrogens (primary N) is 1. The van der Waals surface area contributed by atoms with Crippen LogP contribution in [0.15, 0.2) is 47.7 Å². The molecule has 5 rings (SSSR count). The second-order valence-corrected chi connectivity index (χ2v) is 11.5. The van der Waals surface area contributed by atoms with Gasteiger partial charge >= 0.3 is 6.09 Å². The summed E-state index contributed by atoms with van der Waals surface area (Å²) >= 11 is 1.60. The molecule has 9 nitrogen and oxygen atoms in total. The zero-order valence-electron chi connectivity index (χ0n) is 20.9. The molecular formula is C26H31N7O2S. The van der Waals surface area contributed by atoms with E-state index in [1.165, 1.54) is 0 Å². The Kier molecular flexibility index (Phi) is 6.38. The molecule has 2 unspecified atom stereocenters. The minimum Gasteiger partial charge on any atom is -0.444 e. The molecule has 0 aliphatic carbocycles. The Morgan fingerprint density at radius 3 is 2.81 bits per heavy atom. The summed E-state index contributed by atoms with van der Waals surface area (Å²) < 4.78 is 5.50. The zero-order valence-corrected chi connectivity index (χ0v) is 21.7. The summed E-state index contributed by atoms with van der Waals surface area (Å²) in [6.45, 7) is 8.88. The predicted octanol–water partition coefficient (Wildman–Crippen LogP) is 5.22. The number of aliphatic imine (C=N–C) groups is 1. The fraction of sp³-hybridized carbons (Fsp3) is 0.385. The van der Waals surface area contributed by atoms with Gasteiger partial charge in [-0.05, 0) is 56.5 Å². The van der Waals surface area contributed by atoms with Crippen molar-refractivity contribution in [3.05, 3.63) is 54.0 Å². The lowest BCUT2D eigenvalue weighted by Crippen LogP contribution is -2.39. The second-order valence-electron chi connectivity index (χ2n) is 10.1. The van der Waals surface area contributed by atoms with Gasteiger partial charge in [0, 0.05) is 29.7 Å². The summed E-state index contributed by atoms with van der Waals surface area (Å²) in [5, 5.41) is 5.29. The van der Waals surface area contributed by atoms with Gasteiger partial charge in [-0.25, -0.2) is 14.8 Å². The normalized spacial score (nSPS) is 20.3. The summed E-state index contributed by atoms with van der Waals surface area (Å²) in [5.74, 6) is 0.725. The van der Waals surface area contributed by atoms with E-state index in [0.29, 0.717) is 23.5 Å². The van der Waals surface area contributed by atoms with Gasteiger partial charge in [0.15, 0.2) is 5.17 Å². The first kappa shape index (κ1) is 24.2. The van der Waals surface area contributed by atoms with Crippen LogP contribution in [0.25, 0.3) is 16.6 Å². The van der Waals surface area contributed by atoms with Crippen molar-refractivity contribution in [3.8, 4) is 0 Å². The summed E-state index contributed by atoms with van der Waals surface area (Å²) in [4.78, 5) is 31.0. The first-order valence-electron chi connectivity index (χ1n) is 12.0. The lowest BCUT2D eigenvalue weighted by Gasteiger charge is -2.29. The van der Waals surface area contributed by atoms with E-state index in [4.69, 9.17) is 10.5 Å². The van der Waals surface area contributed by atoms with Crippen molar-refractivity contribution in [1.82, 2.24) is 19.9 Å². The number of amidine groups is 1. The third kappa shape index (κ3) is 5.18. The van der Waals surface area contributed by atoms with Crippen LogP contribution in [0.1, 0.15) is 51.4 Å². The summed E-state index contributed by atoms with van der Waals surface area (Å²) in [7, 11) is 0. The van der Waals surface area contributed by atoms with Gasteiger partial charge in [0.1, 0.15) is 23.4 Å². The number of aromatic amines is 1. The molecule has 10 heteroatoms. The standard InChI is InChI=1S/C26H31N7O2S/c1-15-21(32-24(27)36-15)17-6-5-7-18(12-17)30-22-19-13-20(31-23(19)29-14-28-22)16-8-10-33(11-9-16)25(34)35-26(2,3)4/h5-8,12-15,21H,9-11H2,1-4H3,(H2,27,32)(H2,28,29,30,31). The van der Waals surface area contributed by atoms with E-state index in [2.05, 4.69) is 56.5 Å². The van der Waals surface area contributed by atoms with Gasteiger partial charge in [-0.3, -0.25) is 4.99 Å². The Bertz CT molecular complexity index is 1360. The Labute approximate surface area is 214 Å². The van der Waals surface area contributed by atoms with Crippen LogP contribution in [0, 0.1) is 0 Å². The maximum absolute atomic E-state index is 12.4. The van der Waals surface area contributed by atoms with E-state index in [1.54, 1.807) is 23.0 Å². The quantitative estimate of drug-likeness (QED) is 0.444. The molecule has 0 saturated carbocycles. The molecule has 0 radical (unpaired) electrons. The molecule has 2 aliphatic heterocycles. The van der Waals surface area contributed by atoms with E-state index >= 15 is 0 Å². The number of carbonyl (C=O) groups excluding carboxylic acids is 1. The van der Waals surface area contributed by atoms with Gasteiger partial charge in [0.05, 0.1) is 11.4 Å². The fourth-order valence-electron chi connectivity index (χ4n) is 4.43. The van der Waals surface area contributed by atoms with Crippen LogP contribution >= 0.6 is 11.8 Å². The maximum atomic E-state index is 12.4. The number of carbonyl (C=O) groups is 1. The third-order valence-electron chi connectivity index (χ3n) is 6.14. The van der Waals surface area contributed by atoms with Crippen LogP contribution < -0.4 is 11.1 Å². The Morgan fingerprint density at radius 2 is 2.11 bits per heavy atom. The first-order chi connectivity index (χ1) is 17.2. The van der Waals surface area contributed by atoms with Crippen molar-refractivity contribution in [1.29, 1.82) is 0 Å². The number of ether oxygens (including phenoxy) is 1. The number of benzene rings is 1. The van der Waals surface area contributed by atoms with Crippen LogP contribution in [-0.4, -0.2) is 55.1 Å². The van der Waals surface area contributed by atoms with E-state index in [9.17, 15) is 4.79 Å². The zero-order chi connectivity index (χ0) is 25.4. The summed E-state index contributed by atoms with van der Waals surface area (Å²) in [6, 6.07) is 10.3. The van der Waals surface area contributed by atoms with Gasteiger partial charge in [-0.2, -0.15) is 0 Å². The van der Waals surface area contributed by atoms with E-state index < -0.39 is 5.60 Å². The number of hydrogen-bond acceptors (Lipinski definition) is 8. The van der Waals surface area contributed by atoms with Gasteiger partial charge in [-0.1, -0.05) is 36.9 Å². The molecule has 0 fully saturated rings. The highest BCUT2D eigenvalue weighted by atomic mass is 32.2. The van der Waals surface area contributed by atoms with Gasteiger partial charge in [0.25, 0.3) is 0 Å². The minimum atomic E-state index is -0.505. The summed E-state index contributed by atoms with van der Waals surface area (Å²) in [5.41, 5.74) is 10.3. The fourth-order valence-corrected chi connectivity index (χ4v) is 5.33. The van der Waals surface area contributed by atoms with E-state index in [0.717, 1.165) is 45.8 Å². The van der Waals surface area contributed by atoms with E-state index in [-0.39, 0.29) is 12.1 Å². The predicted molar refractivity (Wildman–Crippen MR) is 145 cm³/mol. The number of H-pyrrole nitrogens is 1. The van der Waals surface area contributed by atoms with E-state index in [1.807, 2.05) is 32.9 Å². The van der Waals surface area contributed by atoms with Crippen LogP contribution in [0.4, 0.5) is 16.3 Å². The third-order valence-corrected chi connectivity index (χ3v) is 7.12. The Hall–Kier alpha value is -3.53. The number of fused-ring (bicyclic) bond motifs is 1. The number of hydrogen-bond donors (Lipinski definition) is 3. The number of thioether (sulfide) groups is 1. The van der Waals surface area contributed by atoms with Crippen molar-refractivity contribution >= 4 is 51.1 Å². The Balaban J connectivity index is 1.34. The monoisotopic (exact) mass is 505 g/mol. The van der Waals surface area contributed by atoms with Gasteiger partial charge in [0.2, 0.25) is 0 Å². The molecular weight excluding hydrogens is 474 g/mol. The first-order valence-corrected chi connectivity index (χ1v) is 12.9. The molecule has 3 aromatic rings. The molecule has 2 atom stereocenters. The number of rotatable bonds is 4. The molecule has 2 aliphatic rings. The molecule has 0 saturated heterocycles. The largest absolute Gasteiger partial charge is 0.444 e.